The van der Waals surface area contributed by atoms with Crippen LogP contribution in [0.15, 0.2) is 0 Å². The van der Waals surface area contributed by atoms with Crippen LogP contribution in [0.25, 0.3) is 0 Å². The molecule has 0 spiro atoms. The second kappa shape index (κ2) is 6.48. The van der Waals surface area contributed by atoms with Crippen LogP contribution in [0.5, 0.6) is 0 Å². The van der Waals surface area contributed by atoms with Crippen LogP contribution in [-0.4, -0.2) is 42.5 Å². The predicted octanol–water partition coefficient (Wildman–Crippen LogP) is 0.380. The molecule has 0 aromatic carbocycles. The summed E-state index contributed by atoms with van der Waals surface area (Å²) in [6, 6.07) is 0.0644. The normalized spacial score (nSPS) is 14.9. The zero-order chi connectivity index (χ0) is 12.9. The Morgan fingerprint density at radius 3 is 2.06 bits per heavy atom. The molecular weight excluding hydrogens is 208 g/mol. The number of nitrogens with zero attached hydrogens (tertiary/aromatic N) is 1. The Kier molecular flexibility index (Phi) is 6.03. The monoisotopic (exact) mass is 230 g/mol. The number of nitrogens with two attached hydrogens (primary N) is 1. The molecule has 0 rings (SSSR count). The van der Waals surface area contributed by atoms with Gasteiger partial charge in [-0.15, -0.1) is 0 Å². The summed E-state index contributed by atoms with van der Waals surface area (Å²) < 4.78 is 4.69. The highest BCUT2D eigenvalue weighted by Crippen LogP contribution is 2.15. The molecular formula is C11H22N2O3. The van der Waals surface area contributed by atoms with Gasteiger partial charge in [0.25, 0.3) is 0 Å². The molecule has 0 saturated carbocycles. The number of methoxy groups -OCH3 is 1. The molecule has 0 aliphatic heterocycles. The quantitative estimate of drug-likeness (QED) is 0.669. The van der Waals surface area contributed by atoms with Gasteiger partial charge in [0.15, 0.2) is 0 Å². The summed E-state index contributed by atoms with van der Waals surface area (Å²) in [7, 11) is 1.36. The third-order valence-electron chi connectivity index (χ3n) is 2.82. The van der Waals surface area contributed by atoms with Crippen molar-refractivity contribution in [2.75, 3.05) is 13.7 Å². The molecule has 0 aliphatic carbocycles. The Morgan fingerprint density at radius 1 is 1.25 bits per heavy atom. The van der Waals surface area contributed by atoms with Crippen LogP contribution in [0.1, 0.15) is 27.7 Å². The van der Waals surface area contributed by atoms with Crippen molar-refractivity contribution in [2.45, 2.75) is 39.8 Å². The second-order valence-corrected chi connectivity index (χ2v) is 4.28. The van der Waals surface area contributed by atoms with Crippen LogP contribution in [0.3, 0.4) is 0 Å². The van der Waals surface area contributed by atoms with E-state index in [-0.39, 0.29) is 30.5 Å². The van der Waals surface area contributed by atoms with E-state index in [9.17, 15) is 9.59 Å². The Balaban J connectivity index is 4.66. The smallest absolute Gasteiger partial charge is 0.309 e. The zero-order valence-electron chi connectivity index (χ0n) is 10.7. The molecule has 1 amide bonds. The molecule has 0 aromatic heterocycles. The molecule has 0 aromatic rings. The van der Waals surface area contributed by atoms with Crippen molar-refractivity contribution in [3.05, 3.63) is 0 Å². The summed E-state index contributed by atoms with van der Waals surface area (Å²) in [6.45, 7) is 7.75. The summed E-state index contributed by atoms with van der Waals surface area (Å²) >= 11 is 0. The van der Waals surface area contributed by atoms with Gasteiger partial charge in [0.05, 0.1) is 19.6 Å². The van der Waals surface area contributed by atoms with Gasteiger partial charge >= 0.3 is 5.97 Å². The van der Waals surface area contributed by atoms with Gasteiger partial charge in [-0.25, -0.2) is 0 Å². The van der Waals surface area contributed by atoms with Gasteiger partial charge in [-0.3, -0.25) is 14.5 Å². The molecule has 5 heteroatoms. The lowest BCUT2D eigenvalue weighted by Gasteiger charge is -2.34. The van der Waals surface area contributed by atoms with Crippen molar-refractivity contribution in [3.63, 3.8) is 0 Å². The topological polar surface area (TPSA) is 72.6 Å². The highest BCUT2D eigenvalue weighted by atomic mass is 16.5. The first-order valence-electron chi connectivity index (χ1n) is 5.43. The van der Waals surface area contributed by atoms with Crippen LogP contribution < -0.4 is 5.73 Å². The first-order valence-corrected chi connectivity index (χ1v) is 5.43. The number of ether oxygens (including phenoxy) is 1. The Hall–Kier alpha value is -1.10. The van der Waals surface area contributed by atoms with E-state index in [1.54, 1.807) is 6.92 Å². The molecule has 2 atom stereocenters. The van der Waals surface area contributed by atoms with Gasteiger partial charge in [0.1, 0.15) is 0 Å². The molecule has 2 N–H and O–H groups in total. The minimum absolute atomic E-state index is 0.0834. The number of esters is 1. The van der Waals surface area contributed by atoms with Crippen LogP contribution in [-0.2, 0) is 14.3 Å². The SMILES string of the molecule is COC(=O)C(C)C(C)N(CC(N)=O)C(C)C. The Morgan fingerprint density at radius 2 is 1.75 bits per heavy atom. The van der Waals surface area contributed by atoms with E-state index < -0.39 is 5.91 Å². The number of hydrogen-bond donors (Lipinski definition) is 1. The number of primary amides is 1. The van der Waals surface area contributed by atoms with Gasteiger partial charge in [-0.1, -0.05) is 6.92 Å². The summed E-state index contributed by atoms with van der Waals surface area (Å²) in [5.74, 6) is -0.952. The van der Waals surface area contributed by atoms with E-state index in [1.165, 1.54) is 7.11 Å². The van der Waals surface area contributed by atoms with E-state index in [0.29, 0.717) is 0 Å². The molecule has 16 heavy (non-hydrogen) atoms. The van der Waals surface area contributed by atoms with E-state index in [0.717, 1.165) is 0 Å². The average molecular weight is 230 g/mol. The molecule has 0 fully saturated rings. The fourth-order valence-corrected chi connectivity index (χ4v) is 1.65. The number of carbonyl (C=O) groups is 2. The highest BCUT2D eigenvalue weighted by Gasteiger charge is 2.28. The van der Waals surface area contributed by atoms with E-state index in [2.05, 4.69) is 4.74 Å². The van der Waals surface area contributed by atoms with Crippen LogP contribution in [0.2, 0.25) is 0 Å². The standard InChI is InChI=1S/C11H22N2O3/c1-7(2)13(6-10(12)14)9(4)8(3)11(15)16-5/h7-9H,6H2,1-5H3,(H2,12,14). The van der Waals surface area contributed by atoms with Crippen molar-refractivity contribution in [2.24, 2.45) is 11.7 Å². The molecule has 0 radical (unpaired) electrons. The number of amides is 1. The summed E-state index contributed by atoms with van der Waals surface area (Å²) in [5.41, 5.74) is 5.18. The number of carbonyl (C=O) groups excluding carboxylic acids is 2. The van der Waals surface area contributed by atoms with Crippen molar-refractivity contribution in [3.8, 4) is 0 Å². The predicted molar refractivity (Wildman–Crippen MR) is 61.7 cm³/mol. The average Bonchev–Trinajstić information content (AvgIpc) is 2.22. The second-order valence-electron chi connectivity index (χ2n) is 4.28. The minimum Gasteiger partial charge on any atom is -0.469 e. The highest BCUT2D eigenvalue weighted by molar-refractivity contribution is 5.76. The fourth-order valence-electron chi connectivity index (χ4n) is 1.65. The van der Waals surface area contributed by atoms with Crippen LogP contribution in [0, 0.1) is 5.92 Å². The molecule has 0 heterocycles. The van der Waals surface area contributed by atoms with Gasteiger partial charge < -0.3 is 10.5 Å². The molecule has 0 saturated heterocycles. The third-order valence-corrected chi connectivity index (χ3v) is 2.82. The summed E-state index contributed by atoms with van der Waals surface area (Å²) in [4.78, 5) is 24.2. The lowest BCUT2D eigenvalue weighted by molar-refractivity contribution is -0.147. The largest absolute Gasteiger partial charge is 0.469 e. The molecule has 2 unspecified atom stereocenters. The lowest BCUT2D eigenvalue weighted by atomic mass is 10.0. The van der Waals surface area contributed by atoms with Crippen molar-refractivity contribution < 1.29 is 14.3 Å². The Labute approximate surface area is 96.9 Å². The van der Waals surface area contributed by atoms with E-state index in [4.69, 9.17) is 5.73 Å². The van der Waals surface area contributed by atoms with E-state index >= 15 is 0 Å². The van der Waals surface area contributed by atoms with Gasteiger partial charge in [-0.05, 0) is 20.8 Å². The maximum atomic E-state index is 11.4. The Bertz CT molecular complexity index is 254. The third kappa shape index (κ3) is 4.18. The molecule has 5 nitrogen and oxygen atoms in total. The lowest BCUT2D eigenvalue weighted by Crippen LogP contribution is -2.48. The van der Waals surface area contributed by atoms with Crippen LogP contribution in [0.4, 0.5) is 0 Å². The summed E-state index contributed by atoms with van der Waals surface area (Å²) in [6.07, 6.45) is 0. The first-order chi connectivity index (χ1) is 7.31. The maximum Gasteiger partial charge on any atom is 0.309 e. The molecule has 94 valence electrons. The van der Waals surface area contributed by atoms with Crippen molar-refractivity contribution in [1.29, 1.82) is 0 Å². The van der Waals surface area contributed by atoms with Crippen LogP contribution >= 0.6 is 0 Å². The minimum atomic E-state index is -0.391. The van der Waals surface area contributed by atoms with E-state index in [1.807, 2.05) is 25.7 Å². The summed E-state index contributed by atoms with van der Waals surface area (Å²) in [5, 5.41) is 0. The molecule has 0 aliphatic rings. The number of hydrogen-bond acceptors (Lipinski definition) is 4. The maximum absolute atomic E-state index is 11.4. The van der Waals surface area contributed by atoms with Crippen molar-refractivity contribution >= 4 is 11.9 Å². The zero-order valence-corrected chi connectivity index (χ0v) is 10.7. The fraction of sp³-hybridized carbons (Fsp3) is 0.818. The molecule has 0 bridgehead atoms. The first kappa shape index (κ1) is 14.9. The van der Waals surface area contributed by atoms with Gasteiger partial charge in [0, 0.05) is 12.1 Å². The number of rotatable bonds is 6. The van der Waals surface area contributed by atoms with Crippen molar-refractivity contribution in [1.82, 2.24) is 4.90 Å². The van der Waals surface area contributed by atoms with Gasteiger partial charge in [-0.2, -0.15) is 0 Å². The van der Waals surface area contributed by atoms with Gasteiger partial charge in [0.2, 0.25) is 5.91 Å².